The number of benzene rings is 2. The Hall–Kier alpha value is -2.64. The molecule has 0 unspecified atom stereocenters. The molecule has 138 valence electrons. The van der Waals surface area contributed by atoms with Crippen molar-refractivity contribution in [3.63, 3.8) is 0 Å². The molecule has 0 aliphatic heterocycles. The maximum absolute atomic E-state index is 12.1. The summed E-state index contributed by atoms with van der Waals surface area (Å²) in [6, 6.07) is 16.4. The van der Waals surface area contributed by atoms with Crippen molar-refractivity contribution in [1.82, 2.24) is 10.6 Å². The minimum absolute atomic E-state index is 0.269. The summed E-state index contributed by atoms with van der Waals surface area (Å²) in [7, 11) is 1.60. The number of amides is 1. The number of carbonyl (C=O) groups excluding carboxylic acids is 1. The largest absolute Gasteiger partial charge is 0.490 e. The van der Waals surface area contributed by atoms with Gasteiger partial charge in [0.15, 0.2) is 5.11 Å². The molecule has 2 N–H and O–H groups in total. The van der Waals surface area contributed by atoms with E-state index in [1.165, 1.54) is 0 Å². The van der Waals surface area contributed by atoms with Gasteiger partial charge in [0.2, 0.25) is 0 Å². The Balaban J connectivity index is 1.71. The Morgan fingerprint density at radius 1 is 0.923 bits per heavy atom. The van der Waals surface area contributed by atoms with Gasteiger partial charge in [0, 0.05) is 19.2 Å². The third kappa shape index (κ3) is 7.08. The van der Waals surface area contributed by atoms with E-state index >= 15 is 0 Å². The summed E-state index contributed by atoms with van der Waals surface area (Å²) >= 11 is 5.04. The summed E-state index contributed by atoms with van der Waals surface area (Å²) in [4.78, 5) is 12.1. The van der Waals surface area contributed by atoms with Gasteiger partial charge in [0.25, 0.3) is 5.91 Å². The predicted octanol–water partition coefficient (Wildman–Crippen LogP) is 2.40. The molecule has 2 rings (SSSR count). The fourth-order valence-electron chi connectivity index (χ4n) is 2.02. The second-order valence-electron chi connectivity index (χ2n) is 5.24. The van der Waals surface area contributed by atoms with E-state index in [1.807, 2.05) is 30.3 Å². The summed E-state index contributed by atoms with van der Waals surface area (Å²) in [6.45, 7) is 1.89. The average molecular weight is 374 g/mol. The number of methoxy groups -OCH3 is 1. The van der Waals surface area contributed by atoms with E-state index < -0.39 is 0 Å². The molecular weight excluding hydrogens is 352 g/mol. The number of hydrogen-bond acceptors (Lipinski definition) is 5. The quantitative estimate of drug-likeness (QED) is 0.519. The zero-order chi connectivity index (χ0) is 18.6. The lowest BCUT2D eigenvalue weighted by molar-refractivity contribution is 0.0976. The molecule has 1 amide bonds. The smallest absolute Gasteiger partial charge is 0.257 e. The first-order valence-electron chi connectivity index (χ1n) is 8.18. The minimum atomic E-state index is -0.279. The highest BCUT2D eigenvalue weighted by atomic mass is 32.1. The molecular formula is C19H22N2O4S. The second kappa shape index (κ2) is 11.1. The van der Waals surface area contributed by atoms with Crippen molar-refractivity contribution in [1.29, 1.82) is 0 Å². The van der Waals surface area contributed by atoms with Crippen LogP contribution in [0.2, 0.25) is 0 Å². The third-order valence-corrected chi connectivity index (χ3v) is 3.55. The number of para-hydroxylation sites is 1. The van der Waals surface area contributed by atoms with Gasteiger partial charge in [-0.1, -0.05) is 18.2 Å². The van der Waals surface area contributed by atoms with Gasteiger partial charge in [-0.3, -0.25) is 10.1 Å². The molecule has 0 aliphatic carbocycles. The van der Waals surface area contributed by atoms with Crippen molar-refractivity contribution in [3.8, 4) is 11.5 Å². The van der Waals surface area contributed by atoms with Gasteiger partial charge in [-0.2, -0.15) is 0 Å². The first-order chi connectivity index (χ1) is 12.7. The van der Waals surface area contributed by atoms with Crippen LogP contribution >= 0.6 is 12.2 Å². The van der Waals surface area contributed by atoms with Crippen molar-refractivity contribution in [2.45, 2.75) is 0 Å². The number of ether oxygens (including phenoxy) is 3. The van der Waals surface area contributed by atoms with E-state index in [-0.39, 0.29) is 11.0 Å². The molecule has 0 spiro atoms. The van der Waals surface area contributed by atoms with Crippen LogP contribution in [0.15, 0.2) is 54.6 Å². The van der Waals surface area contributed by atoms with Crippen LogP contribution in [0, 0.1) is 0 Å². The van der Waals surface area contributed by atoms with E-state index in [1.54, 1.807) is 31.4 Å². The van der Waals surface area contributed by atoms with Gasteiger partial charge < -0.3 is 19.5 Å². The van der Waals surface area contributed by atoms with Crippen LogP contribution < -0.4 is 20.1 Å². The van der Waals surface area contributed by atoms with Crippen molar-refractivity contribution >= 4 is 23.2 Å². The van der Waals surface area contributed by atoms with Crippen LogP contribution in [0.4, 0.5) is 0 Å². The lowest BCUT2D eigenvalue weighted by Crippen LogP contribution is -2.40. The number of rotatable bonds is 9. The van der Waals surface area contributed by atoms with E-state index in [0.717, 1.165) is 5.75 Å². The topological polar surface area (TPSA) is 68.8 Å². The molecule has 2 aromatic carbocycles. The van der Waals surface area contributed by atoms with Crippen LogP contribution in [0.5, 0.6) is 11.5 Å². The Morgan fingerprint density at radius 3 is 2.15 bits per heavy atom. The SMILES string of the molecule is COCCNC(=S)NC(=O)c1ccc(OCCOc2ccccc2)cc1. The van der Waals surface area contributed by atoms with E-state index in [0.29, 0.717) is 37.7 Å². The fraction of sp³-hybridized carbons (Fsp3) is 0.263. The molecule has 0 aromatic heterocycles. The molecule has 0 heterocycles. The van der Waals surface area contributed by atoms with E-state index in [9.17, 15) is 4.79 Å². The van der Waals surface area contributed by atoms with Crippen molar-refractivity contribution in [3.05, 3.63) is 60.2 Å². The Labute approximate surface area is 158 Å². The summed E-state index contributed by atoms with van der Waals surface area (Å²) < 4.78 is 16.1. The van der Waals surface area contributed by atoms with Gasteiger partial charge in [-0.15, -0.1) is 0 Å². The lowest BCUT2D eigenvalue weighted by Gasteiger charge is -2.10. The summed E-state index contributed by atoms with van der Waals surface area (Å²) in [5.41, 5.74) is 0.494. The van der Waals surface area contributed by atoms with Crippen molar-refractivity contribution in [2.75, 3.05) is 33.5 Å². The Morgan fingerprint density at radius 2 is 1.54 bits per heavy atom. The molecule has 26 heavy (non-hydrogen) atoms. The summed E-state index contributed by atoms with van der Waals surface area (Å²) in [6.07, 6.45) is 0. The monoisotopic (exact) mass is 374 g/mol. The van der Waals surface area contributed by atoms with E-state index in [2.05, 4.69) is 10.6 Å². The maximum atomic E-state index is 12.1. The van der Waals surface area contributed by atoms with Gasteiger partial charge >= 0.3 is 0 Å². The average Bonchev–Trinajstić information content (AvgIpc) is 2.67. The van der Waals surface area contributed by atoms with Crippen LogP contribution in [0.3, 0.4) is 0 Å². The molecule has 0 saturated carbocycles. The molecule has 0 saturated heterocycles. The minimum Gasteiger partial charge on any atom is -0.490 e. The van der Waals surface area contributed by atoms with Gasteiger partial charge in [-0.25, -0.2) is 0 Å². The van der Waals surface area contributed by atoms with Gasteiger partial charge in [0.05, 0.1) is 6.61 Å². The molecule has 0 bridgehead atoms. The second-order valence-corrected chi connectivity index (χ2v) is 5.65. The fourth-order valence-corrected chi connectivity index (χ4v) is 2.22. The summed E-state index contributed by atoms with van der Waals surface area (Å²) in [5, 5.41) is 5.76. The first kappa shape index (κ1) is 19.7. The van der Waals surface area contributed by atoms with Crippen molar-refractivity contribution < 1.29 is 19.0 Å². The lowest BCUT2D eigenvalue weighted by atomic mass is 10.2. The standard InChI is InChI=1S/C19H22N2O4S/c1-23-12-11-20-19(26)21-18(22)15-7-9-17(10-8-15)25-14-13-24-16-5-3-2-4-6-16/h2-10H,11-14H2,1H3,(H2,20,21,22,26). The van der Waals surface area contributed by atoms with Crippen molar-refractivity contribution in [2.24, 2.45) is 0 Å². The Kier molecular flexibility index (Phi) is 8.38. The number of nitrogens with one attached hydrogen (secondary N) is 2. The highest BCUT2D eigenvalue weighted by molar-refractivity contribution is 7.80. The zero-order valence-electron chi connectivity index (χ0n) is 14.6. The zero-order valence-corrected chi connectivity index (χ0v) is 15.4. The molecule has 6 nitrogen and oxygen atoms in total. The predicted molar refractivity (Wildman–Crippen MR) is 104 cm³/mol. The molecule has 0 aliphatic rings. The molecule has 0 radical (unpaired) electrons. The third-order valence-electron chi connectivity index (χ3n) is 3.30. The maximum Gasteiger partial charge on any atom is 0.257 e. The number of thiocarbonyl (C=S) groups is 1. The highest BCUT2D eigenvalue weighted by Crippen LogP contribution is 2.13. The van der Waals surface area contributed by atoms with Crippen LogP contribution in [0.1, 0.15) is 10.4 Å². The van der Waals surface area contributed by atoms with Crippen LogP contribution in [-0.2, 0) is 4.74 Å². The summed E-state index contributed by atoms with van der Waals surface area (Å²) in [5.74, 6) is 1.19. The van der Waals surface area contributed by atoms with Gasteiger partial charge in [0.1, 0.15) is 24.7 Å². The van der Waals surface area contributed by atoms with E-state index in [4.69, 9.17) is 26.4 Å². The van der Waals surface area contributed by atoms with Crippen LogP contribution in [0.25, 0.3) is 0 Å². The Bertz CT molecular complexity index is 692. The first-order valence-corrected chi connectivity index (χ1v) is 8.58. The molecule has 0 atom stereocenters. The highest BCUT2D eigenvalue weighted by Gasteiger charge is 2.07. The number of hydrogen-bond donors (Lipinski definition) is 2. The normalized spacial score (nSPS) is 10.0. The molecule has 2 aromatic rings. The van der Waals surface area contributed by atoms with Gasteiger partial charge in [-0.05, 0) is 48.6 Å². The van der Waals surface area contributed by atoms with Crippen LogP contribution in [-0.4, -0.2) is 44.5 Å². The molecule has 7 heteroatoms. The molecule has 0 fully saturated rings. The number of carbonyl (C=O) groups is 1.